The van der Waals surface area contributed by atoms with Gasteiger partial charge < -0.3 is 23.9 Å². The number of furan rings is 1. The quantitative estimate of drug-likeness (QED) is 0.582. The Morgan fingerprint density at radius 1 is 1.00 bits per heavy atom. The summed E-state index contributed by atoms with van der Waals surface area (Å²) in [4.78, 5) is 24.7. The molecule has 3 rings (SSSR count). The van der Waals surface area contributed by atoms with E-state index in [2.05, 4.69) is 5.32 Å². The van der Waals surface area contributed by atoms with Crippen LogP contribution in [0, 0.1) is 5.82 Å². The second-order valence-electron chi connectivity index (χ2n) is 6.25. The summed E-state index contributed by atoms with van der Waals surface area (Å²) >= 11 is 0. The van der Waals surface area contributed by atoms with E-state index in [0.29, 0.717) is 17.2 Å². The molecule has 1 heterocycles. The average molecular weight is 413 g/mol. The number of anilines is 1. The Morgan fingerprint density at radius 3 is 2.43 bits per heavy atom. The van der Waals surface area contributed by atoms with E-state index >= 15 is 0 Å². The molecule has 1 amide bonds. The molecule has 1 aromatic heterocycles. The van der Waals surface area contributed by atoms with Gasteiger partial charge in [0.05, 0.1) is 19.8 Å². The first-order chi connectivity index (χ1) is 14.4. The summed E-state index contributed by atoms with van der Waals surface area (Å²) in [6.45, 7) is 1.43. The highest BCUT2D eigenvalue weighted by molar-refractivity contribution is 5.97. The Morgan fingerprint density at radius 2 is 1.73 bits per heavy atom. The number of carbonyl (C=O) groups is 2. The second-order valence-corrected chi connectivity index (χ2v) is 6.25. The van der Waals surface area contributed by atoms with Gasteiger partial charge in [0.15, 0.2) is 17.6 Å². The van der Waals surface area contributed by atoms with Crippen LogP contribution in [-0.4, -0.2) is 32.2 Å². The molecular formula is C22H20FNO6. The van der Waals surface area contributed by atoms with Gasteiger partial charge in [-0.3, -0.25) is 4.79 Å². The van der Waals surface area contributed by atoms with E-state index in [1.165, 1.54) is 45.4 Å². The van der Waals surface area contributed by atoms with E-state index in [0.717, 1.165) is 0 Å². The molecule has 0 aliphatic heterocycles. The third-order valence-corrected chi connectivity index (χ3v) is 4.25. The Labute approximate surface area is 172 Å². The normalized spacial score (nSPS) is 11.5. The zero-order valence-electron chi connectivity index (χ0n) is 16.6. The smallest absolute Gasteiger partial charge is 0.375 e. The summed E-state index contributed by atoms with van der Waals surface area (Å²) in [6, 6.07) is 13.7. The lowest BCUT2D eigenvalue weighted by atomic mass is 10.1. The fourth-order valence-corrected chi connectivity index (χ4v) is 2.68. The van der Waals surface area contributed by atoms with Gasteiger partial charge in [0.2, 0.25) is 5.76 Å². The van der Waals surface area contributed by atoms with Crippen molar-refractivity contribution < 1.29 is 32.6 Å². The predicted octanol–water partition coefficient (Wildman–Crippen LogP) is 4.29. The Balaban J connectivity index is 1.64. The number of rotatable bonds is 7. The molecule has 2 aromatic carbocycles. The molecule has 30 heavy (non-hydrogen) atoms. The maximum atomic E-state index is 13.9. The van der Waals surface area contributed by atoms with Crippen LogP contribution in [0.25, 0.3) is 11.3 Å². The number of carbonyl (C=O) groups excluding carboxylic acids is 2. The molecule has 0 aliphatic carbocycles. The summed E-state index contributed by atoms with van der Waals surface area (Å²) in [5.41, 5.74) is 0.663. The van der Waals surface area contributed by atoms with Crippen LogP contribution in [0.3, 0.4) is 0 Å². The van der Waals surface area contributed by atoms with Crippen LogP contribution in [0.5, 0.6) is 11.5 Å². The third kappa shape index (κ3) is 4.60. The van der Waals surface area contributed by atoms with Crippen LogP contribution in [-0.2, 0) is 9.53 Å². The molecule has 7 nitrogen and oxygen atoms in total. The van der Waals surface area contributed by atoms with Crippen LogP contribution in [0.4, 0.5) is 10.1 Å². The largest absolute Gasteiger partial charge is 0.493 e. The molecule has 1 N–H and O–H groups in total. The maximum absolute atomic E-state index is 13.9. The summed E-state index contributed by atoms with van der Waals surface area (Å²) in [7, 11) is 2.98. The summed E-state index contributed by atoms with van der Waals surface area (Å²) in [5.74, 6) is -0.866. The standard InChI is InChI=1S/C22H20FNO6/c1-13(21(25)24-14-8-9-18(27-2)20(12-14)28-3)29-22(26)19-11-10-17(30-19)15-6-4-5-7-16(15)23/h4-13H,1-3H3,(H,24,25)/t13-/m0/s1. The van der Waals surface area contributed by atoms with Gasteiger partial charge in [-0.15, -0.1) is 0 Å². The van der Waals surface area contributed by atoms with E-state index < -0.39 is 23.8 Å². The van der Waals surface area contributed by atoms with E-state index in [1.54, 1.807) is 30.3 Å². The summed E-state index contributed by atoms with van der Waals surface area (Å²) in [5, 5.41) is 2.63. The first-order valence-electron chi connectivity index (χ1n) is 9.01. The van der Waals surface area contributed by atoms with E-state index in [4.69, 9.17) is 18.6 Å². The molecular weight excluding hydrogens is 393 g/mol. The van der Waals surface area contributed by atoms with Gasteiger partial charge in [0.1, 0.15) is 11.6 Å². The van der Waals surface area contributed by atoms with Crippen molar-refractivity contribution in [2.75, 3.05) is 19.5 Å². The third-order valence-electron chi connectivity index (χ3n) is 4.25. The fraction of sp³-hybridized carbons (Fsp3) is 0.182. The van der Waals surface area contributed by atoms with Crippen molar-refractivity contribution in [3.8, 4) is 22.8 Å². The topological polar surface area (TPSA) is 87.0 Å². The molecule has 0 bridgehead atoms. The summed E-state index contributed by atoms with van der Waals surface area (Å²) < 4.78 is 34.7. The number of nitrogens with one attached hydrogen (secondary N) is 1. The van der Waals surface area contributed by atoms with Crippen molar-refractivity contribution in [1.29, 1.82) is 0 Å². The minimum atomic E-state index is -1.10. The van der Waals surface area contributed by atoms with Crippen LogP contribution < -0.4 is 14.8 Å². The van der Waals surface area contributed by atoms with Crippen molar-refractivity contribution in [2.45, 2.75) is 13.0 Å². The van der Waals surface area contributed by atoms with Gasteiger partial charge >= 0.3 is 5.97 Å². The number of hydrogen-bond donors (Lipinski definition) is 1. The first-order valence-corrected chi connectivity index (χ1v) is 9.01. The highest BCUT2D eigenvalue weighted by Crippen LogP contribution is 2.30. The lowest BCUT2D eigenvalue weighted by Gasteiger charge is -2.14. The molecule has 0 aliphatic rings. The van der Waals surface area contributed by atoms with Crippen LogP contribution in [0.2, 0.25) is 0 Å². The first kappa shape index (κ1) is 20.9. The van der Waals surface area contributed by atoms with Gasteiger partial charge in [-0.05, 0) is 43.3 Å². The minimum absolute atomic E-state index is 0.140. The number of hydrogen-bond acceptors (Lipinski definition) is 6. The molecule has 8 heteroatoms. The number of esters is 1. The van der Waals surface area contributed by atoms with Crippen molar-refractivity contribution in [2.24, 2.45) is 0 Å². The van der Waals surface area contributed by atoms with Crippen LogP contribution in [0.15, 0.2) is 59.0 Å². The average Bonchev–Trinajstić information content (AvgIpc) is 3.24. The van der Waals surface area contributed by atoms with Crippen molar-refractivity contribution in [1.82, 2.24) is 0 Å². The van der Waals surface area contributed by atoms with Gasteiger partial charge in [-0.2, -0.15) is 0 Å². The molecule has 3 aromatic rings. The number of amides is 1. The van der Waals surface area contributed by atoms with Crippen molar-refractivity contribution in [3.63, 3.8) is 0 Å². The van der Waals surface area contributed by atoms with Gasteiger partial charge in [-0.1, -0.05) is 12.1 Å². The maximum Gasteiger partial charge on any atom is 0.375 e. The van der Waals surface area contributed by atoms with E-state index in [-0.39, 0.29) is 17.1 Å². The van der Waals surface area contributed by atoms with E-state index in [1.807, 2.05) is 0 Å². The number of halogens is 1. The molecule has 1 atom stereocenters. The molecule has 0 unspecified atom stereocenters. The zero-order chi connectivity index (χ0) is 21.7. The molecule has 0 saturated heterocycles. The van der Waals surface area contributed by atoms with E-state index in [9.17, 15) is 14.0 Å². The zero-order valence-corrected chi connectivity index (χ0v) is 16.6. The predicted molar refractivity (Wildman–Crippen MR) is 107 cm³/mol. The lowest BCUT2D eigenvalue weighted by molar-refractivity contribution is -0.123. The molecule has 0 spiro atoms. The van der Waals surface area contributed by atoms with Gasteiger partial charge in [0, 0.05) is 11.8 Å². The molecule has 0 saturated carbocycles. The number of ether oxygens (including phenoxy) is 3. The SMILES string of the molecule is COc1ccc(NC(=O)[C@H](C)OC(=O)c2ccc(-c3ccccc3F)o2)cc1OC. The summed E-state index contributed by atoms with van der Waals surface area (Å²) in [6.07, 6.45) is -1.10. The van der Waals surface area contributed by atoms with Crippen molar-refractivity contribution >= 4 is 17.6 Å². The molecule has 0 fully saturated rings. The van der Waals surface area contributed by atoms with Gasteiger partial charge in [0.25, 0.3) is 5.91 Å². The number of benzene rings is 2. The highest BCUT2D eigenvalue weighted by Gasteiger charge is 2.22. The minimum Gasteiger partial charge on any atom is -0.493 e. The lowest BCUT2D eigenvalue weighted by Crippen LogP contribution is -2.29. The molecule has 156 valence electrons. The van der Waals surface area contributed by atoms with Crippen LogP contribution in [0.1, 0.15) is 17.5 Å². The molecule has 0 radical (unpaired) electrons. The number of methoxy groups -OCH3 is 2. The second kappa shape index (κ2) is 9.13. The highest BCUT2D eigenvalue weighted by atomic mass is 19.1. The Hall–Kier alpha value is -3.81. The Kier molecular flexibility index (Phi) is 6.36. The van der Waals surface area contributed by atoms with Gasteiger partial charge in [-0.25, -0.2) is 9.18 Å². The fourth-order valence-electron chi connectivity index (χ4n) is 2.68. The van der Waals surface area contributed by atoms with Crippen molar-refractivity contribution in [3.05, 3.63) is 66.2 Å². The Bertz CT molecular complexity index is 1060. The monoisotopic (exact) mass is 413 g/mol. The van der Waals surface area contributed by atoms with Crippen LogP contribution >= 0.6 is 0 Å².